The summed E-state index contributed by atoms with van der Waals surface area (Å²) in [5, 5.41) is 0. The molecule has 1 aliphatic heterocycles. The first-order chi connectivity index (χ1) is 10.6. The van der Waals surface area contributed by atoms with Crippen LogP contribution in [0, 0.1) is 6.92 Å². The summed E-state index contributed by atoms with van der Waals surface area (Å²) in [6.07, 6.45) is 2.31. The molecule has 2 aromatic rings. The Balaban J connectivity index is 1.67. The summed E-state index contributed by atoms with van der Waals surface area (Å²) < 4.78 is 5.89. The van der Waals surface area contributed by atoms with E-state index >= 15 is 0 Å². The Kier molecular flexibility index (Phi) is 3.96. The molecule has 5 nitrogen and oxygen atoms in total. The molecule has 3 rings (SSSR count). The Hall–Kier alpha value is -2.56. The van der Waals surface area contributed by atoms with Crippen LogP contribution in [0.25, 0.3) is 0 Å². The number of para-hydroxylation sites is 1. The van der Waals surface area contributed by atoms with Gasteiger partial charge in [0.05, 0.1) is 12.1 Å². The van der Waals surface area contributed by atoms with Crippen molar-refractivity contribution in [2.45, 2.75) is 19.4 Å². The number of benzene rings is 1. The highest BCUT2D eigenvalue weighted by Gasteiger charge is 2.29. The number of aromatic nitrogens is 1. The predicted octanol–water partition coefficient (Wildman–Crippen LogP) is 1.98. The zero-order valence-corrected chi connectivity index (χ0v) is 12.4. The highest BCUT2D eigenvalue weighted by Crippen LogP contribution is 2.20. The third kappa shape index (κ3) is 3.03. The summed E-state index contributed by atoms with van der Waals surface area (Å²) in [7, 11) is 0. The van der Waals surface area contributed by atoms with E-state index in [9.17, 15) is 9.59 Å². The van der Waals surface area contributed by atoms with Crippen molar-refractivity contribution in [3.8, 4) is 5.75 Å². The number of ether oxygens (including phenoxy) is 1. The number of hydrogen-bond donors (Lipinski definition) is 1. The molecule has 1 atom stereocenters. The fourth-order valence-electron chi connectivity index (χ4n) is 2.67. The number of H-pyrrole nitrogens is 1. The lowest BCUT2D eigenvalue weighted by Crippen LogP contribution is -2.32. The van der Waals surface area contributed by atoms with E-state index in [0.717, 1.165) is 12.2 Å². The highest BCUT2D eigenvalue weighted by molar-refractivity contribution is 5.95. The minimum Gasteiger partial charge on any atom is -0.489 e. The van der Waals surface area contributed by atoms with Crippen molar-refractivity contribution in [1.82, 2.24) is 9.88 Å². The number of nitrogens with one attached hydrogen (secondary N) is 1. The molecule has 0 spiro atoms. The van der Waals surface area contributed by atoms with Gasteiger partial charge in [0, 0.05) is 25.2 Å². The van der Waals surface area contributed by atoms with Gasteiger partial charge in [-0.2, -0.15) is 0 Å². The molecule has 0 bridgehead atoms. The van der Waals surface area contributed by atoms with Gasteiger partial charge in [-0.25, -0.2) is 0 Å². The summed E-state index contributed by atoms with van der Waals surface area (Å²) in [6, 6.07) is 11.1. The lowest BCUT2D eigenvalue weighted by Gasteiger charge is -2.18. The quantitative estimate of drug-likeness (QED) is 0.942. The molecule has 1 aliphatic rings. The molecule has 1 fully saturated rings. The molecule has 1 N–H and O–H groups in total. The minimum absolute atomic E-state index is 0.00872. The maximum atomic E-state index is 12.5. The third-order valence-corrected chi connectivity index (χ3v) is 3.84. The first-order valence-electron chi connectivity index (χ1n) is 7.34. The van der Waals surface area contributed by atoms with Gasteiger partial charge in [0.1, 0.15) is 11.9 Å². The molecule has 114 valence electrons. The lowest BCUT2D eigenvalue weighted by atomic mass is 10.1. The van der Waals surface area contributed by atoms with E-state index in [0.29, 0.717) is 24.2 Å². The summed E-state index contributed by atoms with van der Waals surface area (Å²) in [5.74, 6) is 0.759. The number of pyridine rings is 1. The van der Waals surface area contributed by atoms with Crippen molar-refractivity contribution < 1.29 is 9.53 Å². The summed E-state index contributed by atoms with van der Waals surface area (Å²) >= 11 is 0. The number of likely N-dealkylation sites (tertiary alicyclic amines) is 1. The Labute approximate surface area is 128 Å². The van der Waals surface area contributed by atoms with Gasteiger partial charge in [0.2, 0.25) is 5.56 Å². The van der Waals surface area contributed by atoms with Crippen molar-refractivity contribution in [3.63, 3.8) is 0 Å². The Bertz CT molecular complexity index is 724. The highest BCUT2D eigenvalue weighted by atomic mass is 16.5. The molecule has 0 radical (unpaired) electrons. The first-order valence-corrected chi connectivity index (χ1v) is 7.34. The SMILES string of the molecule is Cc1cc(=O)[nH]cc1C(=O)N1CC[C@H](Oc2ccccc2)C1. The summed E-state index contributed by atoms with van der Waals surface area (Å²) in [5.41, 5.74) is 1.04. The van der Waals surface area contributed by atoms with E-state index in [-0.39, 0.29) is 17.6 Å². The zero-order chi connectivity index (χ0) is 15.5. The van der Waals surface area contributed by atoms with E-state index in [1.165, 1.54) is 12.3 Å². The smallest absolute Gasteiger partial charge is 0.255 e. The number of hydrogen-bond acceptors (Lipinski definition) is 3. The van der Waals surface area contributed by atoms with Crippen LogP contribution in [0.4, 0.5) is 0 Å². The standard InChI is InChI=1S/C17H18N2O3/c1-12-9-16(20)18-10-15(12)17(21)19-8-7-14(11-19)22-13-5-3-2-4-6-13/h2-6,9-10,14H,7-8,11H2,1H3,(H,18,20)/t14-/m0/s1. The average Bonchev–Trinajstić information content (AvgIpc) is 2.96. The molecule has 0 saturated carbocycles. The predicted molar refractivity (Wildman–Crippen MR) is 83.2 cm³/mol. The van der Waals surface area contributed by atoms with Crippen molar-refractivity contribution in [2.24, 2.45) is 0 Å². The molecule has 5 heteroatoms. The monoisotopic (exact) mass is 298 g/mol. The van der Waals surface area contributed by atoms with Gasteiger partial charge in [-0.05, 0) is 24.6 Å². The normalized spacial score (nSPS) is 17.5. The number of carbonyl (C=O) groups is 1. The molecule has 0 unspecified atom stereocenters. The summed E-state index contributed by atoms with van der Waals surface area (Å²) in [6.45, 7) is 3.00. The van der Waals surface area contributed by atoms with Crippen LogP contribution < -0.4 is 10.3 Å². The third-order valence-electron chi connectivity index (χ3n) is 3.84. The van der Waals surface area contributed by atoms with Gasteiger partial charge in [0.15, 0.2) is 0 Å². The second-order valence-corrected chi connectivity index (χ2v) is 5.49. The maximum Gasteiger partial charge on any atom is 0.255 e. The van der Waals surface area contributed by atoms with Crippen LogP contribution in [0.1, 0.15) is 22.3 Å². The van der Waals surface area contributed by atoms with E-state index < -0.39 is 0 Å². The van der Waals surface area contributed by atoms with Crippen molar-refractivity contribution in [1.29, 1.82) is 0 Å². The summed E-state index contributed by atoms with van der Waals surface area (Å²) in [4.78, 5) is 28.1. The topological polar surface area (TPSA) is 62.4 Å². The number of carbonyl (C=O) groups excluding carboxylic acids is 1. The Morgan fingerprint density at radius 1 is 1.32 bits per heavy atom. The van der Waals surface area contributed by atoms with Gasteiger partial charge in [0.25, 0.3) is 5.91 Å². The van der Waals surface area contributed by atoms with E-state index in [2.05, 4.69) is 4.98 Å². The largest absolute Gasteiger partial charge is 0.489 e. The number of aromatic amines is 1. The van der Waals surface area contributed by atoms with Crippen LogP contribution in [0.2, 0.25) is 0 Å². The maximum absolute atomic E-state index is 12.5. The Morgan fingerprint density at radius 3 is 2.82 bits per heavy atom. The van der Waals surface area contributed by atoms with Crippen LogP contribution >= 0.6 is 0 Å². The Morgan fingerprint density at radius 2 is 2.09 bits per heavy atom. The van der Waals surface area contributed by atoms with Gasteiger partial charge >= 0.3 is 0 Å². The van der Waals surface area contributed by atoms with Crippen LogP contribution in [0.15, 0.2) is 47.4 Å². The van der Waals surface area contributed by atoms with Gasteiger partial charge in [-0.15, -0.1) is 0 Å². The molecule has 1 amide bonds. The van der Waals surface area contributed by atoms with Crippen LogP contribution in [-0.2, 0) is 0 Å². The average molecular weight is 298 g/mol. The number of rotatable bonds is 3. The van der Waals surface area contributed by atoms with Crippen LogP contribution in [-0.4, -0.2) is 35.0 Å². The van der Waals surface area contributed by atoms with E-state index in [1.807, 2.05) is 30.3 Å². The van der Waals surface area contributed by atoms with Crippen LogP contribution in [0.5, 0.6) is 5.75 Å². The number of nitrogens with zero attached hydrogens (tertiary/aromatic N) is 1. The zero-order valence-electron chi connectivity index (χ0n) is 12.4. The van der Waals surface area contributed by atoms with Gasteiger partial charge < -0.3 is 14.6 Å². The fourth-order valence-corrected chi connectivity index (χ4v) is 2.67. The van der Waals surface area contributed by atoms with Crippen LogP contribution in [0.3, 0.4) is 0 Å². The molecule has 0 aliphatic carbocycles. The second kappa shape index (κ2) is 6.05. The molecule has 22 heavy (non-hydrogen) atoms. The number of aryl methyl sites for hydroxylation is 1. The fraction of sp³-hybridized carbons (Fsp3) is 0.294. The van der Waals surface area contributed by atoms with Crippen molar-refractivity contribution in [2.75, 3.05) is 13.1 Å². The molecular formula is C17H18N2O3. The molecule has 2 heterocycles. The van der Waals surface area contributed by atoms with E-state index in [1.54, 1.807) is 11.8 Å². The first kappa shape index (κ1) is 14.4. The lowest BCUT2D eigenvalue weighted by molar-refractivity contribution is 0.0771. The van der Waals surface area contributed by atoms with Gasteiger partial charge in [-0.1, -0.05) is 18.2 Å². The molecular weight excluding hydrogens is 280 g/mol. The van der Waals surface area contributed by atoms with E-state index in [4.69, 9.17) is 4.74 Å². The molecule has 1 aromatic heterocycles. The molecule has 1 aromatic carbocycles. The number of amides is 1. The van der Waals surface area contributed by atoms with Crippen molar-refractivity contribution >= 4 is 5.91 Å². The van der Waals surface area contributed by atoms with Crippen molar-refractivity contribution in [3.05, 3.63) is 64.1 Å². The minimum atomic E-state index is -0.194. The van der Waals surface area contributed by atoms with Gasteiger partial charge in [-0.3, -0.25) is 9.59 Å². The second-order valence-electron chi connectivity index (χ2n) is 5.49. The molecule has 1 saturated heterocycles.